The Balaban J connectivity index is 0.000000828. The maximum absolute atomic E-state index is 12.4. The van der Waals surface area contributed by atoms with Crippen molar-refractivity contribution in [1.29, 1.82) is 0 Å². The monoisotopic (exact) mass is 397 g/mol. The smallest absolute Gasteiger partial charge is 0.303 e. The van der Waals surface area contributed by atoms with Crippen molar-refractivity contribution < 1.29 is 24.2 Å². The molecular formula is C20H28ClNO5. The van der Waals surface area contributed by atoms with Crippen LogP contribution in [0.15, 0.2) is 18.2 Å². The minimum absolute atomic E-state index is 0.0471. The Kier molecular flexibility index (Phi) is 9.86. The van der Waals surface area contributed by atoms with E-state index in [1.807, 2.05) is 30.0 Å². The van der Waals surface area contributed by atoms with Gasteiger partial charge in [-0.3, -0.25) is 14.4 Å². The van der Waals surface area contributed by atoms with Crippen molar-refractivity contribution in [3.63, 3.8) is 0 Å². The average molecular weight is 398 g/mol. The van der Waals surface area contributed by atoms with Crippen LogP contribution in [0.4, 0.5) is 0 Å². The third-order valence-electron chi connectivity index (χ3n) is 4.42. The minimum Gasteiger partial charge on any atom is -0.497 e. The first kappa shape index (κ1) is 23.0. The van der Waals surface area contributed by atoms with E-state index in [0.29, 0.717) is 19.4 Å². The van der Waals surface area contributed by atoms with Crippen LogP contribution in [0.3, 0.4) is 0 Å². The number of methoxy groups -OCH3 is 1. The summed E-state index contributed by atoms with van der Waals surface area (Å²) in [4.78, 5) is 34.2. The van der Waals surface area contributed by atoms with E-state index in [1.54, 1.807) is 7.11 Å². The van der Waals surface area contributed by atoms with Gasteiger partial charge in [0.1, 0.15) is 5.75 Å². The van der Waals surface area contributed by atoms with Gasteiger partial charge in [0.05, 0.1) is 13.2 Å². The van der Waals surface area contributed by atoms with E-state index in [0.717, 1.165) is 25.0 Å². The summed E-state index contributed by atoms with van der Waals surface area (Å²) in [6, 6.07) is 6.08. The second kappa shape index (κ2) is 11.6. The van der Waals surface area contributed by atoms with Gasteiger partial charge in [-0.25, -0.2) is 0 Å². The number of ether oxygens (including phenoxy) is 1. The first-order valence-corrected chi connectivity index (χ1v) is 9.52. The highest BCUT2D eigenvalue weighted by atomic mass is 35.5. The molecule has 0 heterocycles. The number of carboxylic acids is 1. The fourth-order valence-electron chi connectivity index (χ4n) is 3.27. The molecule has 1 aromatic carbocycles. The number of carboxylic acid groups (broad SMARTS) is 1. The number of carbonyl (C=O) groups is 3. The molecule has 1 unspecified atom stereocenters. The van der Waals surface area contributed by atoms with Gasteiger partial charge < -0.3 is 14.7 Å². The molecule has 0 saturated carbocycles. The zero-order valence-electron chi connectivity index (χ0n) is 16.2. The van der Waals surface area contributed by atoms with Crippen LogP contribution in [0.1, 0.15) is 63.1 Å². The molecule has 0 spiro atoms. The van der Waals surface area contributed by atoms with Gasteiger partial charge in [-0.2, -0.15) is 0 Å². The molecule has 1 amide bonds. The van der Waals surface area contributed by atoms with Gasteiger partial charge >= 0.3 is 5.97 Å². The molecule has 2 rings (SSSR count). The number of carbonyl (C=O) groups excluding carboxylic acids is 2. The van der Waals surface area contributed by atoms with E-state index in [2.05, 4.69) is 11.6 Å². The van der Waals surface area contributed by atoms with E-state index < -0.39 is 5.97 Å². The Morgan fingerprint density at radius 2 is 2.00 bits per heavy atom. The number of amides is 1. The maximum Gasteiger partial charge on any atom is 0.303 e. The molecule has 7 heteroatoms. The standard InChI is InChI=1S/C18H25NO4.C2H3ClO/c1-3-17(20)19(11-5-8-18(21)22)16-7-4-6-13-12-14(23-2)9-10-15(13)16;1-2(3)4/h9-10,12,16H,3-8,11H2,1-2H3,(H,21,22);1H3. The van der Waals surface area contributed by atoms with Crippen LogP contribution in [-0.2, 0) is 20.8 Å². The minimum atomic E-state index is -0.817. The lowest BCUT2D eigenvalue weighted by Gasteiger charge is -2.36. The lowest BCUT2D eigenvalue weighted by molar-refractivity contribution is -0.139. The first-order chi connectivity index (χ1) is 12.8. The van der Waals surface area contributed by atoms with Crippen LogP contribution in [0.2, 0.25) is 0 Å². The van der Waals surface area contributed by atoms with Crippen LogP contribution in [0.5, 0.6) is 5.75 Å². The molecule has 1 aliphatic rings. The molecule has 1 N–H and O–H groups in total. The van der Waals surface area contributed by atoms with Gasteiger partial charge in [-0.05, 0) is 60.5 Å². The number of aliphatic carboxylic acids is 1. The van der Waals surface area contributed by atoms with Crippen molar-refractivity contribution in [2.24, 2.45) is 0 Å². The van der Waals surface area contributed by atoms with Gasteiger partial charge in [-0.1, -0.05) is 13.0 Å². The predicted molar refractivity (Wildman–Crippen MR) is 104 cm³/mol. The molecule has 0 fully saturated rings. The molecule has 0 aliphatic heterocycles. The molecule has 150 valence electrons. The van der Waals surface area contributed by atoms with Crippen molar-refractivity contribution in [2.45, 2.75) is 58.4 Å². The molecule has 0 bridgehead atoms. The van der Waals surface area contributed by atoms with Crippen LogP contribution >= 0.6 is 11.6 Å². The quantitative estimate of drug-likeness (QED) is 0.704. The summed E-state index contributed by atoms with van der Waals surface area (Å²) in [7, 11) is 1.65. The molecule has 1 aromatic rings. The van der Waals surface area contributed by atoms with Crippen molar-refractivity contribution in [2.75, 3.05) is 13.7 Å². The van der Waals surface area contributed by atoms with Gasteiger partial charge in [-0.15, -0.1) is 0 Å². The van der Waals surface area contributed by atoms with Crippen molar-refractivity contribution in [3.05, 3.63) is 29.3 Å². The highest BCUT2D eigenvalue weighted by molar-refractivity contribution is 6.62. The number of nitrogens with zero attached hydrogens (tertiary/aromatic N) is 1. The Bertz CT molecular complexity index is 658. The van der Waals surface area contributed by atoms with E-state index in [9.17, 15) is 14.4 Å². The molecule has 1 aliphatic carbocycles. The largest absolute Gasteiger partial charge is 0.497 e. The zero-order chi connectivity index (χ0) is 20.4. The summed E-state index contributed by atoms with van der Waals surface area (Å²) in [5.74, 6) is 0.107. The molecular weight excluding hydrogens is 370 g/mol. The maximum atomic E-state index is 12.4. The molecule has 27 heavy (non-hydrogen) atoms. The number of halogens is 1. The van der Waals surface area contributed by atoms with Gasteiger partial charge in [0.2, 0.25) is 11.1 Å². The van der Waals surface area contributed by atoms with Crippen LogP contribution in [0, 0.1) is 0 Å². The van der Waals surface area contributed by atoms with E-state index in [1.165, 1.54) is 18.1 Å². The molecule has 6 nitrogen and oxygen atoms in total. The van der Waals surface area contributed by atoms with E-state index in [-0.39, 0.29) is 23.6 Å². The predicted octanol–water partition coefficient (Wildman–Crippen LogP) is 3.95. The number of hydrogen-bond donors (Lipinski definition) is 1. The number of fused-ring (bicyclic) bond motifs is 1. The van der Waals surface area contributed by atoms with Crippen LogP contribution in [0.25, 0.3) is 0 Å². The average Bonchev–Trinajstić information content (AvgIpc) is 2.63. The Morgan fingerprint density at radius 3 is 2.56 bits per heavy atom. The SMILES string of the molecule is CC(=O)Cl.CCC(=O)N(CCCC(=O)O)C1CCCc2cc(OC)ccc21. The molecule has 1 atom stereocenters. The Hall–Kier alpha value is -2.08. The first-order valence-electron chi connectivity index (χ1n) is 9.14. The van der Waals surface area contributed by atoms with Crippen LogP contribution < -0.4 is 4.74 Å². The third kappa shape index (κ3) is 7.59. The van der Waals surface area contributed by atoms with Crippen LogP contribution in [-0.4, -0.2) is 40.8 Å². The number of hydrogen-bond acceptors (Lipinski definition) is 4. The summed E-state index contributed by atoms with van der Waals surface area (Å²) >= 11 is 4.64. The molecule has 0 saturated heterocycles. The summed E-state index contributed by atoms with van der Waals surface area (Å²) < 4.78 is 5.29. The number of benzene rings is 1. The van der Waals surface area contributed by atoms with Gasteiger partial charge in [0.25, 0.3) is 0 Å². The molecule has 0 aromatic heterocycles. The normalized spacial score (nSPS) is 15.0. The zero-order valence-corrected chi connectivity index (χ0v) is 16.9. The number of aryl methyl sites for hydroxylation is 1. The lowest BCUT2D eigenvalue weighted by Crippen LogP contribution is -2.37. The topological polar surface area (TPSA) is 83.9 Å². The Morgan fingerprint density at radius 1 is 1.33 bits per heavy atom. The third-order valence-corrected chi connectivity index (χ3v) is 4.42. The summed E-state index contributed by atoms with van der Waals surface area (Å²) in [5.41, 5.74) is 2.40. The van der Waals surface area contributed by atoms with E-state index in [4.69, 9.17) is 9.84 Å². The molecule has 0 radical (unpaired) electrons. The fraction of sp³-hybridized carbons (Fsp3) is 0.550. The van der Waals surface area contributed by atoms with Gasteiger partial charge in [0, 0.05) is 26.3 Å². The highest BCUT2D eigenvalue weighted by Crippen LogP contribution is 2.36. The van der Waals surface area contributed by atoms with E-state index >= 15 is 0 Å². The second-order valence-electron chi connectivity index (χ2n) is 6.38. The van der Waals surface area contributed by atoms with Crippen molar-refractivity contribution in [1.82, 2.24) is 4.90 Å². The van der Waals surface area contributed by atoms with Gasteiger partial charge in [0.15, 0.2) is 0 Å². The summed E-state index contributed by atoms with van der Waals surface area (Å²) in [6.07, 6.45) is 3.97. The summed E-state index contributed by atoms with van der Waals surface area (Å²) in [6.45, 7) is 3.64. The number of rotatable bonds is 7. The fourth-order valence-corrected chi connectivity index (χ4v) is 3.27. The van der Waals surface area contributed by atoms with Crippen molar-refractivity contribution in [3.8, 4) is 5.75 Å². The second-order valence-corrected chi connectivity index (χ2v) is 6.91. The highest BCUT2D eigenvalue weighted by Gasteiger charge is 2.28. The summed E-state index contributed by atoms with van der Waals surface area (Å²) in [5, 5.41) is 8.47. The lowest BCUT2D eigenvalue weighted by atomic mass is 9.86. The van der Waals surface area contributed by atoms with Crippen molar-refractivity contribution >= 4 is 28.7 Å². The Labute approximate surface area is 165 Å².